The Labute approximate surface area is 916 Å². The monoisotopic (exact) mass is 2260 g/mol. The summed E-state index contributed by atoms with van der Waals surface area (Å²) in [5, 5.41) is 81.6. The van der Waals surface area contributed by atoms with Gasteiger partial charge in [-0.3, -0.25) is 43.6 Å². The van der Waals surface area contributed by atoms with Crippen molar-refractivity contribution < 1.29 is 58.2 Å². The van der Waals surface area contributed by atoms with Crippen LogP contribution < -0.4 is 0 Å². The number of aliphatic hydroxyl groups excluding tert-OH is 1. The molecule has 5 fully saturated rings. The lowest BCUT2D eigenvalue weighted by Gasteiger charge is -2.40. The largest absolute Gasteiger partial charge is 0.465 e. The Morgan fingerprint density at radius 1 is 0.378 bits per heavy atom. The van der Waals surface area contributed by atoms with E-state index < -0.39 is 50.2 Å². The van der Waals surface area contributed by atoms with Crippen LogP contribution in [-0.4, -0.2) is 97.6 Å². The van der Waals surface area contributed by atoms with Gasteiger partial charge in [0, 0.05) is 142 Å². The molecule has 12 aromatic rings. The summed E-state index contributed by atoms with van der Waals surface area (Å²) in [4.78, 5) is 72.6. The summed E-state index contributed by atoms with van der Waals surface area (Å²) in [6.45, 7) is 13.2. The molecule has 4 atom stereocenters. The van der Waals surface area contributed by atoms with Gasteiger partial charge in [0.25, 0.3) is 23.6 Å². The Morgan fingerprint density at radius 2 is 0.655 bits per heavy atom. The minimum Gasteiger partial charge on any atom is -0.465 e. The van der Waals surface area contributed by atoms with Crippen molar-refractivity contribution >= 4 is 160 Å². The lowest BCUT2D eigenvalue weighted by molar-refractivity contribution is -0.147. The smallest absolute Gasteiger partial charge is 0.326 e. The molecule has 148 heavy (non-hydrogen) atoms. The van der Waals surface area contributed by atoms with Gasteiger partial charge in [0.15, 0.2) is 28.3 Å². The fourth-order valence-electron chi connectivity index (χ4n) is 18.2. The molecular formula is C117H99Br2Cl8N9O12. The van der Waals surface area contributed by atoms with Crippen LogP contribution in [0.3, 0.4) is 0 Å². The highest BCUT2D eigenvalue weighted by Gasteiger charge is 2.60. The van der Waals surface area contributed by atoms with E-state index in [-0.39, 0.29) is 74.5 Å². The van der Waals surface area contributed by atoms with Crippen LogP contribution in [0, 0.1) is 83.7 Å². The molecular weight excluding hydrogens is 2170 g/mol. The Morgan fingerprint density at radius 3 is 0.939 bits per heavy atom. The number of amides is 4. The maximum atomic E-state index is 14.1. The summed E-state index contributed by atoms with van der Waals surface area (Å²) in [5.41, 5.74) is 4.60. The highest BCUT2D eigenvalue weighted by Crippen LogP contribution is 2.57. The van der Waals surface area contributed by atoms with Gasteiger partial charge in [0.05, 0.1) is 90.6 Å². The summed E-state index contributed by atoms with van der Waals surface area (Å²) in [7, 11) is 0. The fourth-order valence-corrected chi connectivity index (χ4v) is 19.9. The highest BCUT2D eigenvalue weighted by molar-refractivity contribution is 9.10. The van der Waals surface area contributed by atoms with E-state index in [0.29, 0.717) is 117 Å². The first-order valence-electron chi connectivity index (χ1n) is 47.8. The van der Waals surface area contributed by atoms with Crippen molar-refractivity contribution in [3.63, 3.8) is 0 Å². The van der Waals surface area contributed by atoms with Crippen molar-refractivity contribution in [3.8, 4) is 30.3 Å². The van der Waals surface area contributed by atoms with Crippen molar-refractivity contribution in [1.29, 1.82) is 26.3 Å². The van der Waals surface area contributed by atoms with Crippen LogP contribution in [0.25, 0.3) is 5.57 Å². The first-order valence-corrected chi connectivity index (χ1v) is 52.4. The molecule has 21 rings (SSSR count). The van der Waals surface area contributed by atoms with Gasteiger partial charge in [-0.25, -0.2) is 0 Å². The predicted molar refractivity (Wildman–Crippen MR) is 576 cm³/mol. The van der Waals surface area contributed by atoms with E-state index in [2.05, 4.69) is 62.7 Å². The van der Waals surface area contributed by atoms with Gasteiger partial charge in [0.1, 0.15) is 0 Å². The number of esters is 1. The van der Waals surface area contributed by atoms with Gasteiger partial charge >= 0.3 is 5.97 Å². The van der Waals surface area contributed by atoms with Crippen LogP contribution in [-0.2, 0) is 78.4 Å². The van der Waals surface area contributed by atoms with Gasteiger partial charge in [-0.15, -0.1) is 0 Å². The molecule has 4 amide bonds. The Bertz CT molecular complexity index is 7320. The number of fused-ring (bicyclic) bond motifs is 4. The minimum atomic E-state index is -1.59. The van der Waals surface area contributed by atoms with Crippen LogP contribution in [0.5, 0.6) is 0 Å². The fraction of sp³-hybridized carbons (Fsp3) is 0.282. The SMILES string of the molecule is C=C(C)c1ccc2c(c1)C(=O)N(Cc1ccc(Cl)cc1)C2(OCC1(C#N)CC1)c1ccc(Cl)cc1.CC(C)(O)c1ccc2c(c1)C(=O)N(Cc1ccc(Cl)cc1)[C@@]2(OCC1(C#N)CC1)c1ccc(Cl)cc1.CCOC(=O)C1(C#N)CC1.N#CC1(CO)CC1.N#CC1(COC2(c3ccc(Cl)cc3)c3ccc(Br)cc3C(=O)N2Cc2ccc(Cl)cc2)CC1.O=C1c2cc(Br)ccc2C(O)(c2ccc(Cl)cc2)N1Cc1ccc(Cl)cc1. The number of nitrogens with zero attached hydrogens (tertiary/aromatic N) is 9. The Balaban J connectivity index is 0.000000134. The van der Waals surface area contributed by atoms with Gasteiger partial charge in [-0.2, -0.15) is 26.3 Å². The number of nitriles is 5. The molecule has 0 radical (unpaired) electrons. The van der Waals surface area contributed by atoms with Crippen LogP contribution >= 0.6 is 125 Å². The van der Waals surface area contributed by atoms with Crippen molar-refractivity contribution in [1.82, 2.24) is 19.6 Å². The number of hydrogen-bond acceptors (Lipinski definition) is 17. The number of aliphatic hydroxyl groups is 3. The summed E-state index contributed by atoms with van der Waals surface area (Å²) in [6.07, 6.45) is 7.78. The van der Waals surface area contributed by atoms with E-state index in [1.54, 1.807) is 151 Å². The molecule has 0 bridgehead atoms. The third-order valence-corrected chi connectivity index (χ3v) is 31.0. The number of allylic oxidation sites excluding steroid dienone is 1. The topological polar surface area (TPSA) is 315 Å². The second-order valence-electron chi connectivity index (χ2n) is 38.9. The Kier molecular flexibility index (Phi) is 32.7. The molecule has 21 nitrogen and oxygen atoms in total. The van der Waals surface area contributed by atoms with Crippen LogP contribution in [0.4, 0.5) is 0 Å². The van der Waals surface area contributed by atoms with Crippen molar-refractivity contribution in [3.05, 3.63) is 423 Å². The number of carbonyl (C=O) groups is 5. The van der Waals surface area contributed by atoms with Crippen LogP contribution in [0.2, 0.25) is 40.2 Å². The second kappa shape index (κ2) is 44.4. The normalized spacial score (nSPS) is 20.0. The van der Waals surface area contributed by atoms with E-state index >= 15 is 0 Å². The molecule has 3 unspecified atom stereocenters. The number of rotatable bonds is 26. The van der Waals surface area contributed by atoms with Crippen LogP contribution in [0.15, 0.2) is 282 Å². The minimum absolute atomic E-state index is 0.0451. The summed E-state index contributed by atoms with van der Waals surface area (Å²) < 4.78 is 26.4. The highest BCUT2D eigenvalue weighted by atomic mass is 79.9. The molecule has 3 N–H and O–H groups in total. The molecule has 0 saturated heterocycles. The standard InChI is InChI=1S/C29H26Cl2N2O3.C29H24Cl2N2O2.C26H19BrCl2N2O2.C21H14BrCl2NO2.C7H9NO2.C5H7NO/c1-27(2,35)21-7-12-25-24(15-21)26(34)33(16-19-3-8-22(30)9-4-19)29(25,20-5-10-23(31)11-6-20)36-18-28(17-32)13-14-28;1-19(2)21-5-12-26-25(15-21)27(34)33(16-20-3-8-23(30)9-4-20)29(26,22-6-10-24(31)11-7-22)35-18-28(17-32)13-14-28;27-19-5-10-23-22(13-19)24(32)31(14-17-1-6-20(28)7-2-17)26(23,18-3-8-21(29)9-4-18)33-16-25(15-30)11-12-25;22-15-5-10-19-18(11-15)20(26)25(12-13-1-6-16(23)7-2-13)21(19,27)14-3-8-17(24)9-4-14;1-2-10-6(9)7(5-8)3-4-7;6-3-5(4-7)1-2-5/h3-12,15,35H,13-14,16,18H2,1-2H3;3-12,15H,1,13-14,16,18H2,2H3;1-10,13H,11-12,14,16H2;1-11,27H,12H2;2-4H2,1H3;7H,1-2,4H2/t29-;;;;;/m1...../s1. The van der Waals surface area contributed by atoms with Gasteiger partial charge in [-0.1, -0.05) is 270 Å². The number of carbonyl (C=O) groups excluding carboxylic acids is 5. The molecule has 4 heterocycles. The van der Waals surface area contributed by atoms with E-state index in [4.69, 9.17) is 127 Å². The second-order valence-corrected chi connectivity index (χ2v) is 44.3. The quantitative estimate of drug-likeness (QED) is 0.0424. The third kappa shape index (κ3) is 22.8. The zero-order chi connectivity index (χ0) is 106. The molecule has 5 saturated carbocycles. The zero-order valence-corrected chi connectivity index (χ0v) is 90.1. The summed E-state index contributed by atoms with van der Waals surface area (Å²) >= 11 is 55.8. The van der Waals surface area contributed by atoms with Gasteiger partial charge in [0.2, 0.25) is 0 Å². The molecule has 12 aromatic carbocycles. The summed E-state index contributed by atoms with van der Waals surface area (Å²) in [5.74, 6) is -1.09. The average molecular weight is 2270 g/mol. The lowest BCUT2D eigenvalue weighted by atomic mass is 9.89. The van der Waals surface area contributed by atoms with E-state index in [1.165, 1.54) is 4.90 Å². The van der Waals surface area contributed by atoms with Crippen LogP contribution in [0.1, 0.15) is 211 Å². The molecule has 754 valence electrons. The molecule has 9 aliphatic rings. The van der Waals surface area contributed by atoms with Gasteiger partial charge in [-0.05, 0) is 259 Å². The maximum Gasteiger partial charge on any atom is 0.326 e. The molecule has 4 aliphatic heterocycles. The molecule has 31 heteroatoms. The van der Waals surface area contributed by atoms with Crippen molar-refractivity contribution in [2.75, 3.05) is 33.0 Å². The zero-order valence-electron chi connectivity index (χ0n) is 80.9. The molecule has 0 spiro atoms. The maximum absolute atomic E-state index is 14.1. The molecule has 0 aromatic heterocycles. The average Bonchev–Trinajstić information content (AvgIpc) is 1.56. The summed E-state index contributed by atoms with van der Waals surface area (Å²) in [6, 6.07) is 91.6. The third-order valence-electron chi connectivity index (χ3n) is 28.0. The van der Waals surface area contributed by atoms with E-state index in [0.717, 1.165) is 122 Å². The number of halogens is 10. The number of hydrogen-bond donors (Lipinski definition) is 3. The number of ether oxygens (including phenoxy) is 4. The molecule has 5 aliphatic carbocycles. The van der Waals surface area contributed by atoms with E-state index in [1.807, 2.05) is 165 Å². The van der Waals surface area contributed by atoms with E-state index in [9.17, 15) is 50.0 Å². The van der Waals surface area contributed by atoms with Gasteiger partial charge < -0.3 is 34.3 Å². The van der Waals surface area contributed by atoms with Crippen molar-refractivity contribution in [2.45, 2.75) is 147 Å². The number of benzene rings is 12. The predicted octanol–water partition coefficient (Wildman–Crippen LogP) is 27.3. The first kappa shape index (κ1) is 109. The Hall–Kier alpha value is -11.8. The van der Waals surface area contributed by atoms with Crippen molar-refractivity contribution in [2.24, 2.45) is 27.1 Å². The first-order chi connectivity index (χ1) is 70.7. The lowest BCUT2D eigenvalue weighted by Crippen LogP contribution is -2.47.